The normalized spacial score (nSPS) is 12.2. The number of carbonyl (C=O) groups is 1. The molecule has 0 aliphatic rings. The van der Waals surface area contributed by atoms with Crippen LogP contribution < -0.4 is 10.2 Å². The van der Waals surface area contributed by atoms with Gasteiger partial charge in [-0.15, -0.1) is 11.3 Å². The SMILES string of the molecule is Cc1cc(Cl)ccc1NC(=O)C[NH+](C)Cc1sccc1C. The Kier molecular flexibility index (Phi) is 5.39. The smallest absolute Gasteiger partial charge is 0.279 e. The molecule has 2 aromatic rings. The summed E-state index contributed by atoms with van der Waals surface area (Å²) in [5.74, 6) is 0.0205. The fraction of sp³-hybridized carbons (Fsp3) is 0.312. The van der Waals surface area contributed by atoms with Gasteiger partial charge in [-0.3, -0.25) is 4.79 Å². The first kappa shape index (κ1) is 16.0. The standard InChI is InChI=1S/C16H19ClN2OS/c1-11-6-7-21-15(11)9-19(3)10-16(20)18-14-5-4-13(17)8-12(14)2/h4-8H,9-10H2,1-3H3,(H,18,20)/p+1. The number of halogens is 1. The van der Waals surface area contributed by atoms with Crippen LogP contribution in [0.25, 0.3) is 0 Å². The Labute approximate surface area is 134 Å². The third kappa shape index (κ3) is 4.56. The summed E-state index contributed by atoms with van der Waals surface area (Å²) in [4.78, 5) is 14.6. The molecule has 0 fully saturated rings. The van der Waals surface area contributed by atoms with E-state index in [1.54, 1.807) is 17.4 Å². The van der Waals surface area contributed by atoms with Gasteiger partial charge in [-0.1, -0.05) is 11.6 Å². The number of thiophene rings is 1. The lowest BCUT2D eigenvalue weighted by Crippen LogP contribution is -3.08. The summed E-state index contributed by atoms with van der Waals surface area (Å²) in [6, 6.07) is 7.59. The van der Waals surface area contributed by atoms with Crippen molar-refractivity contribution in [1.82, 2.24) is 0 Å². The maximum atomic E-state index is 12.1. The fourth-order valence-electron chi connectivity index (χ4n) is 2.16. The molecular weight excluding hydrogens is 304 g/mol. The number of benzene rings is 1. The Morgan fingerprint density at radius 3 is 2.67 bits per heavy atom. The molecule has 1 aromatic heterocycles. The number of hydrogen-bond acceptors (Lipinski definition) is 2. The summed E-state index contributed by atoms with van der Waals surface area (Å²) in [5.41, 5.74) is 3.10. The van der Waals surface area contributed by atoms with Gasteiger partial charge in [0.25, 0.3) is 5.91 Å². The molecular formula is C16H20ClN2OS+. The van der Waals surface area contributed by atoms with Crippen LogP contribution in [0.15, 0.2) is 29.6 Å². The molecule has 21 heavy (non-hydrogen) atoms. The van der Waals surface area contributed by atoms with Gasteiger partial charge in [0.15, 0.2) is 6.54 Å². The van der Waals surface area contributed by atoms with Crippen molar-refractivity contribution >= 4 is 34.5 Å². The van der Waals surface area contributed by atoms with E-state index in [9.17, 15) is 4.79 Å². The van der Waals surface area contributed by atoms with Crippen LogP contribution in [0.1, 0.15) is 16.0 Å². The maximum absolute atomic E-state index is 12.1. The molecule has 2 N–H and O–H groups in total. The lowest BCUT2D eigenvalue weighted by Gasteiger charge is -2.14. The lowest BCUT2D eigenvalue weighted by molar-refractivity contribution is -0.884. The Bertz CT molecular complexity index is 639. The van der Waals surface area contributed by atoms with E-state index in [4.69, 9.17) is 11.6 Å². The third-order valence-corrected chi connectivity index (χ3v) is 4.61. The first-order valence-electron chi connectivity index (χ1n) is 6.86. The molecule has 0 saturated heterocycles. The summed E-state index contributed by atoms with van der Waals surface area (Å²) >= 11 is 7.66. The topological polar surface area (TPSA) is 33.5 Å². The molecule has 1 aromatic carbocycles. The largest absolute Gasteiger partial charge is 0.325 e. The minimum Gasteiger partial charge on any atom is -0.325 e. The molecule has 1 unspecified atom stereocenters. The van der Waals surface area contributed by atoms with Crippen LogP contribution in [-0.4, -0.2) is 19.5 Å². The second kappa shape index (κ2) is 7.07. The van der Waals surface area contributed by atoms with Gasteiger partial charge in [0.1, 0.15) is 6.54 Å². The number of aryl methyl sites for hydroxylation is 2. The van der Waals surface area contributed by atoms with Crippen molar-refractivity contribution in [3.8, 4) is 0 Å². The van der Waals surface area contributed by atoms with E-state index < -0.39 is 0 Å². The van der Waals surface area contributed by atoms with Crippen LogP contribution >= 0.6 is 22.9 Å². The van der Waals surface area contributed by atoms with Gasteiger partial charge in [0, 0.05) is 10.7 Å². The monoisotopic (exact) mass is 323 g/mol. The highest BCUT2D eigenvalue weighted by Gasteiger charge is 2.13. The van der Waals surface area contributed by atoms with Gasteiger partial charge in [0.2, 0.25) is 0 Å². The quantitative estimate of drug-likeness (QED) is 0.871. The number of quaternary nitrogens is 1. The molecule has 112 valence electrons. The van der Waals surface area contributed by atoms with Crippen molar-refractivity contribution in [1.29, 1.82) is 0 Å². The summed E-state index contributed by atoms with van der Waals surface area (Å²) in [5, 5.41) is 5.72. The summed E-state index contributed by atoms with van der Waals surface area (Å²) < 4.78 is 0. The number of amides is 1. The number of anilines is 1. The minimum absolute atomic E-state index is 0.0205. The van der Waals surface area contributed by atoms with E-state index in [1.807, 2.05) is 26.1 Å². The van der Waals surface area contributed by atoms with Gasteiger partial charge in [-0.25, -0.2) is 0 Å². The molecule has 5 heteroatoms. The molecule has 0 aliphatic heterocycles. The zero-order valence-corrected chi connectivity index (χ0v) is 14.1. The van der Waals surface area contributed by atoms with Crippen LogP contribution in [0.2, 0.25) is 5.02 Å². The van der Waals surface area contributed by atoms with Crippen molar-refractivity contribution in [3.05, 3.63) is 50.7 Å². The van der Waals surface area contributed by atoms with E-state index in [0.29, 0.717) is 11.6 Å². The first-order valence-corrected chi connectivity index (χ1v) is 8.11. The summed E-state index contributed by atoms with van der Waals surface area (Å²) in [6.45, 7) is 5.36. The molecule has 0 radical (unpaired) electrons. The van der Waals surface area contributed by atoms with E-state index >= 15 is 0 Å². The zero-order valence-electron chi connectivity index (χ0n) is 12.5. The van der Waals surface area contributed by atoms with Crippen LogP contribution in [0, 0.1) is 13.8 Å². The average molecular weight is 324 g/mol. The van der Waals surface area contributed by atoms with E-state index in [2.05, 4.69) is 23.7 Å². The van der Waals surface area contributed by atoms with Gasteiger partial charge < -0.3 is 10.2 Å². The number of likely N-dealkylation sites (N-methyl/N-ethyl adjacent to an activating group) is 1. The molecule has 1 heterocycles. The van der Waals surface area contributed by atoms with Crippen molar-refractivity contribution in [3.63, 3.8) is 0 Å². The Morgan fingerprint density at radius 2 is 2.05 bits per heavy atom. The molecule has 0 saturated carbocycles. The van der Waals surface area contributed by atoms with Crippen molar-refractivity contribution in [2.45, 2.75) is 20.4 Å². The second-order valence-corrected chi connectivity index (χ2v) is 6.78. The number of nitrogens with one attached hydrogen (secondary N) is 2. The van der Waals surface area contributed by atoms with Crippen molar-refractivity contribution in [2.24, 2.45) is 0 Å². The second-order valence-electron chi connectivity index (χ2n) is 5.34. The van der Waals surface area contributed by atoms with Crippen LogP contribution in [-0.2, 0) is 11.3 Å². The number of hydrogen-bond donors (Lipinski definition) is 2. The highest BCUT2D eigenvalue weighted by molar-refractivity contribution is 7.10. The van der Waals surface area contributed by atoms with Crippen LogP contribution in [0.5, 0.6) is 0 Å². The molecule has 2 rings (SSSR count). The molecule has 0 bridgehead atoms. The molecule has 1 atom stereocenters. The average Bonchev–Trinajstić information content (AvgIpc) is 2.78. The van der Waals surface area contributed by atoms with E-state index in [1.165, 1.54) is 15.3 Å². The molecule has 3 nitrogen and oxygen atoms in total. The predicted molar refractivity (Wildman–Crippen MR) is 89.3 cm³/mol. The van der Waals surface area contributed by atoms with Crippen molar-refractivity contribution in [2.75, 3.05) is 18.9 Å². The van der Waals surface area contributed by atoms with Crippen LogP contribution in [0.4, 0.5) is 5.69 Å². The van der Waals surface area contributed by atoms with Gasteiger partial charge in [-0.2, -0.15) is 0 Å². The van der Waals surface area contributed by atoms with E-state index in [0.717, 1.165) is 17.8 Å². The Morgan fingerprint density at radius 1 is 1.29 bits per heavy atom. The summed E-state index contributed by atoms with van der Waals surface area (Å²) in [6.07, 6.45) is 0. The lowest BCUT2D eigenvalue weighted by atomic mass is 10.2. The molecule has 1 amide bonds. The van der Waals surface area contributed by atoms with Crippen LogP contribution in [0.3, 0.4) is 0 Å². The van der Waals surface area contributed by atoms with Gasteiger partial charge in [0.05, 0.1) is 11.9 Å². The number of carbonyl (C=O) groups excluding carboxylic acids is 1. The van der Waals surface area contributed by atoms with Gasteiger partial charge in [-0.05, 0) is 54.6 Å². The molecule has 0 aliphatic carbocycles. The van der Waals surface area contributed by atoms with Crippen molar-refractivity contribution < 1.29 is 9.69 Å². The Balaban J connectivity index is 1.90. The molecule has 0 spiro atoms. The van der Waals surface area contributed by atoms with E-state index in [-0.39, 0.29) is 5.91 Å². The third-order valence-electron chi connectivity index (χ3n) is 3.36. The number of rotatable bonds is 5. The zero-order chi connectivity index (χ0) is 15.4. The highest BCUT2D eigenvalue weighted by atomic mass is 35.5. The van der Waals surface area contributed by atoms with Gasteiger partial charge >= 0.3 is 0 Å². The summed E-state index contributed by atoms with van der Waals surface area (Å²) in [7, 11) is 2.04. The minimum atomic E-state index is 0.0205. The highest BCUT2D eigenvalue weighted by Crippen LogP contribution is 2.19. The predicted octanol–water partition coefficient (Wildman–Crippen LogP) is 2.67. The fourth-order valence-corrected chi connectivity index (χ4v) is 3.40. The Hall–Kier alpha value is -1.36. The maximum Gasteiger partial charge on any atom is 0.279 e. The first-order chi connectivity index (χ1) is 9.95.